The van der Waals surface area contributed by atoms with Crippen LogP contribution in [0.15, 0.2) is 4.52 Å². The number of piperidine rings is 1. The third kappa shape index (κ3) is 4.27. The summed E-state index contributed by atoms with van der Waals surface area (Å²) in [5, 5.41) is 3.97. The molecular formula is C15H26N4O2. The van der Waals surface area contributed by atoms with E-state index in [9.17, 15) is 4.79 Å². The molecule has 1 unspecified atom stereocenters. The van der Waals surface area contributed by atoms with Gasteiger partial charge in [-0.15, -0.1) is 0 Å². The first-order chi connectivity index (χ1) is 10.1. The molecule has 1 fully saturated rings. The van der Waals surface area contributed by atoms with Crippen LogP contribution in [0.25, 0.3) is 0 Å². The number of rotatable bonds is 6. The first-order valence-corrected chi connectivity index (χ1v) is 7.92. The summed E-state index contributed by atoms with van der Waals surface area (Å²) in [6.07, 6.45) is 3.84. The fourth-order valence-electron chi connectivity index (χ4n) is 2.81. The lowest BCUT2D eigenvalue weighted by molar-refractivity contribution is -0.137. The van der Waals surface area contributed by atoms with E-state index in [-0.39, 0.29) is 11.8 Å². The van der Waals surface area contributed by atoms with E-state index in [1.165, 1.54) is 0 Å². The zero-order valence-electron chi connectivity index (χ0n) is 13.3. The zero-order valence-corrected chi connectivity index (χ0v) is 13.3. The Morgan fingerprint density at radius 3 is 2.95 bits per heavy atom. The molecule has 0 aliphatic carbocycles. The molecule has 1 aromatic rings. The van der Waals surface area contributed by atoms with Crippen molar-refractivity contribution in [2.24, 2.45) is 5.92 Å². The maximum absolute atomic E-state index is 12.6. The lowest BCUT2D eigenvalue weighted by Gasteiger charge is -2.32. The van der Waals surface area contributed by atoms with Crippen molar-refractivity contribution < 1.29 is 9.32 Å². The number of hydrogen-bond donors (Lipinski definition) is 0. The summed E-state index contributed by atoms with van der Waals surface area (Å²) in [5.41, 5.74) is 0. The number of aryl methyl sites for hydroxylation is 1. The van der Waals surface area contributed by atoms with Crippen molar-refractivity contribution in [1.82, 2.24) is 19.9 Å². The van der Waals surface area contributed by atoms with Crippen molar-refractivity contribution in [1.29, 1.82) is 0 Å². The van der Waals surface area contributed by atoms with Crippen LogP contribution in [-0.4, -0.2) is 52.5 Å². The topological polar surface area (TPSA) is 62.5 Å². The minimum atomic E-state index is 0.103. The number of amides is 1. The SMILES string of the molecule is CCCc1nc(CN(CC)C(=O)C2CCCN(C)C2)no1. The van der Waals surface area contributed by atoms with Crippen molar-refractivity contribution >= 4 is 5.91 Å². The average molecular weight is 294 g/mol. The number of likely N-dealkylation sites (tertiary alicyclic amines) is 1. The van der Waals surface area contributed by atoms with E-state index in [4.69, 9.17) is 4.52 Å². The van der Waals surface area contributed by atoms with Crippen molar-refractivity contribution in [3.8, 4) is 0 Å². The number of hydrogen-bond acceptors (Lipinski definition) is 5. The fourth-order valence-corrected chi connectivity index (χ4v) is 2.81. The molecule has 0 N–H and O–H groups in total. The zero-order chi connectivity index (χ0) is 15.2. The van der Waals surface area contributed by atoms with E-state index in [1.807, 2.05) is 11.8 Å². The summed E-state index contributed by atoms with van der Waals surface area (Å²) in [4.78, 5) is 21.0. The van der Waals surface area contributed by atoms with Gasteiger partial charge in [-0.05, 0) is 39.8 Å². The van der Waals surface area contributed by atoms with Gasteiger partial charge in [0.25, 0.3) is 0 Å². The summed E-state index contributed by atoms with van der Waals surface area (Å²) < 4.78 is 5.19. The Kier molecular flexibility index (Phi) is 5.73. The Labute approximate surface area is 126 Å². The van der Waals surface area contributed by atoms with Crippen LogP contribution in [0.4, 0.5) is 0 Å². The van der Waals surface area contributed by atoms with Gasteiger partial charge in [0.15, 0.2) is 5.82 Å². The lowest BCUT2D eigenvalue weighted by Crippen LogP contribution is -2.43. The standard InChI is InChI=1S/C15H26N4O2/c1-4-7-14-16-13(17-21-14)11-19(5-2)15(20)12-8-6-9-18(3)10-12/h12H,4-11H2,1-3H3. The Balaban J connectivity index is 1.96. The molecule has 6 nitrogen and oxygen atoms in total. The van der Waals surface area contributed by atoms with Crippen molar-refractivity contribution in [3.63, 3.8) is 0 Å². The summed E-state index contributed by atoms with van der Waals surface area (Å²) in [5.74, 6) is 1.59. The summed E-state index contributed by atoms with van der Waals surface area (Å²) in [6.45, 7) is 7.13. The highest BCUT2D eigenvalue weighted by Gasteiger charge is 2.28. The Morgan fingerprint density at radius 1 is 1.48 bits per heavy atom. The van der Waals surface area contributed by atoms with Crippen molar-refractivity contribution in [2.75, 3.05) is 26.7 Å². The van der Waals surface area contributed by atoms with Crippen LogP contribution in [0, 0.1) is 5.92 Å². The van der Waals surface area contributed by atoms with Gasteiger partial charge in [-0.25, -0.2) is 0 Å². The number of nitrogens with zero attached hydrogens (tertiary/aromatic N) is 4. The van der Waals surface area contributed by atoms with Crippen molar-refractivity contribution in [3.05, 3.63) is 11.7 Å². The molecule has 2 rings (SSSR count). The van der Waals surface area contributed by atoms with Gasteiger partial charge in [0.2, 0.25) is 11.8 Å². The van der Waals surface area contributed by atoms with E-state index in [0.717, 1.165) is 38.8 Å². The van der Waals surface area contributed by atoms with E-state index in [2.05, 4.69) is 29.0 Å². The maximum Gasteiger partial charge on any atom is 0.227 e. The van der Waals surface area contributed by atoms with Gasteiger partial charge < -0.3 is 14.3 Å². The molecule has 1 amide bonds. The Hall–Kier alpha value is -1.43. The second-order valence-electron chi connectivity index (χ2n) is 5.81. The Bertz CT molecular complexity index is 460. The van der Waals surface area contributed by atoms with Crippen LogP contribution >= 0.6 is 0 Å². The molecule has 0 aromatic carbocycles. The monoisotopic (exact) mass is 294 g/mol. The van der Waals surface area contributed by atoms with Gasteiger partial charge in [-0.3, -0.25) is 4.79 Å². The van der Waals surface area contributed by atoms with E-state index in [1.54, 1.807) is 0 Å². The summed E-state index contributed by atoms with van der Waals surface area (Å²) in [6, 6.07) is 0. The predicted octanol–water partition coefficient (Wildman–Crippen LogP) is 1.71. The van der Waals surface area contributed by atoms with E-state index in [0.29, 0.717) is 24.8 Å². The second-order valence-corrected chi connectivity index (χ2v) is 5.81. The molecule has 1 aliphatic rings. The first kappa shape index (κ1) is 15.9. The first-order valence-electron chi connectivity index (χ1n) is 7.92. The summed E-state index contributed by atoms with van der Waals surface area (Å²) >= 11 is 0. The maximum atomic E-state index is 12.6. The highest BCUT2D eigenvalue weighted by Crippen LogP contribution is 2.18. The molecular weight excluding hydrogens is 268 g/mol. The van der Waals surface area contributed by atoms with E-state index >= 15 is 0 Å². The van der Waals surface area contributed by atoms with Crippen LogP contribution in [-0.2, 0) is 17.8 Å². The molecule has 21 heavy (non-hydrogen) atoms. The molecule has 1 aliphatic heterocycles. The van der Waals surface area contributed by atoms with Crippen LogP contribution < -0.4 is 0 Å². The molecule has 6 heteroatoms. The smallest absolute Gasteiger partial charge is 0.227 e. The molecule has 0 spiro atoms. The fraction of sp³-hybridized carbons (Fsp3) is 0.800. The lowest BCUT2D eigenvalue weighted by atomic mass is 9.97. The third-order valence-electron chi connectivity index (χ3n) is 3.97. The molecule has 2 heterocycles. The van der Waals surface area contributed by atoms with Gasteiger partial charge in [-0.1, -0.05) is 12.1 Å². The van der Waals surface area contributed by atoms with Crippen LogP contribution in [0.1, 0.15) is 44.8 Å². The van der Waals surface area contributed by atoms with Gasteiger partial charge in [0.1, 0.15) is 0 Å². The van der Waals surface area contributed by atoms with Gasteiger partial charge in [0, 0.05) is 19.5 Å². The minimum Gasteiger partial charge on any atom is -0.339 e. The van der Waals surface area contributed by atoms with Gasteiger partial charge >= 0.3 is 0 Å². The number of aromatic nitrogens is 2. The highest BCUT2D eigenvalue weighted by atomic mass is 16.5. The average Bonchev–Trinajstić information content (AvgIpc) is 2.92. The van der Waals surface area contributed by atoms with Gasteiger partial charge in [0.05, 0.1) is 12.5 Å². The number of carbonyl (C=O) groups excluding carboxylic acids is 1. The Morgan fingerprint density at radius 2 is 2.29 bits per heavy atom. The van der Waals surface area contributed by atoms with Gasteiger partial charge in [-0.2, -0.15) is 4.98 Å². The highest BCUT2D eigenvalue weighted by molar-refractivity contribution is 5.79. The molecule has 0 radical (unpaired) electrons. The quantitative estimate of drug-likeness (QED) is 0.799. The second kappa shape index (κ2) is 7.54. The van der Waals surface area contributed by atoms with Crippen LogP contribution in [0.3, 0.4) is 0 Å². The van der Waals surface area contributed by atoms with Crippen LogP contribution in [0.5, 0.6) is 0 Å². The largest absolute Gasteiger partial charge is 0.339 e. The molecule has 0 saturated carbocycles. The molecule has 1 aromatic heterocycles. The molecule has 118 valence electrons. The molecule has 1 saturated heterocycles. The van der Waals surface area contributed by atoms with Crippen molar-refractivity contribution in [2.45, 2.75) is 46.1 Å². The van der Waals surface area contributed by atoms with Crippen LogP contribution in [0.2, 0.25) is 0 Å². The predicted molar refractivity (Wildman–Crippen MR) is 79.6 cm³/mol. The summed E-state index contributed by atoms with van der Waals surface area (Å²) in [7, 11) is 2.08. The third-order valence-corrected chi connectivity index (χ3v) is 3.97. The molecule has 1 atom stereocenters. The van der Waals surface area contributed by atoms with E-state index < -0.39 is 0 Å². The molecule has 0 bridgehead atoms. The number of carbonyl (C=O) groups is 1. The normalized spacial score (nSPS) is 19.7. The minimum absolute atomic E-state index is 0.103.